The van der Waals surface area contributed by atoms with Crippen LogP contribution in [0.25, 0.3) is 5.69 Å². The van der Waals surface area contributed by atoms with Crippen LogP contribution in [-0.2, 0) is 4.79 Å². The van der Waals surface area contributed by atoms with Crippen LogP contribution < -0.4 is 11.0 Å². The number of halogens is 1. The number of nitrogens with one attached hydrogen (secondary N) is 2. The maximum absolute atomic E-state index is 11.2. The molecule has 2 aromatic rings. The molecule has 1 amide bonds. The minimum absolute atomic E-state index is 0.107. The third kappa shape index (κ3) is 2.51. The molecular formula is C9H8ClN5O2. The van der Waals surface area contributed by atoms with E-state index in [2.05, 4.69) is 20.8 Å². The summed E-state index contributed by atoms with van der Waals surface area (Å²) in [5, 5.41) is 11.7. The molecule has 88 valence electrons. The Bertz CT molecular complexity index is 574. The second kappa shape index (κ2) is 4.79. The van der Waals surface area contributed by atoms with Gasteiger partial charge in [0.15, 0.2) is 0 Å². The van der Waals surface area contributed by atoms with Crippen molar-refractivity contribution in [2.45, 2.75) is 0 Å². The SMILES string of the molecule is O=C(CCl)Nc1ccc(-n2nn[nH]c2=O)cc1. The second-order valence-electron chi connectivity index (χ2n) is 3.15. The van der Waals surface area contributed by atoms with Gasteiger partial charge in [0.25, 0.3) is 0 Å². The molecule has 0 aliphatic carbocycles. The van der Waals surface area contributed by atoms with E-state index in [4.69, 9.17) is 11.6 Å². The molecule has 0 aliphatic rings. The van der Waals surface area contributed by atoms with E-state index in [0.29, 0.717) is 11.4 Å². The van der Waals surface area contributed by atoms with Gasteiger partial charge in [-0.15, -0.1) is 11.6 Å². The lowest BCUT2D eigenvalue weighted by atomic mass is 10.3. The highest BCUT2D eigenvalue weighted by molar-refractivity contribution is 6.29. The molecule has 0 saturated carbocycles. The van der Waals surface area contributed by atoms with Crippen LogP contribution in [0.5, 0.6) is 0 Å². The largest absolute Gasteiger partial charge is 0.365 e. The maximum atomic E-state index is 11.2. The van der Waals surface area contributed by atoms with Crippen molar-refractivity contribution in [2.75, 3.05) is 11.2 Å². The van der Waals surface area contributed by atoms with Crippen LogP contribution in [0.1, 0.15) is 0 Å². The molecule has 0 saturated heterocycles. The van der Waals surface area contributed by atoms with Crippen LogP contribution in [0, 0.1) is 0 Å². The number of anilines is 1. The molecule has 0 atom stereocenters. The first-order chi connectivity index (χ1) is 8.20. The van der Waals surface area contributed by atoms with E-state index in [1.54, 1.807) is 24.3 Å². The van der Waals surface area contributed by atoms with E-state index >= 15 is 0 Å². The molecule has 0 aliphatic heterocycles. The Kier molecular flexibility index (Phi) is 3.20. The predicted molar refractivity (Wildman–Crippen MR) is 61.3 cm³/mol. The van der Waals surface area contributed by atoms with Crippen LogP contribution >= 0.6 is 11.6 Å². The Labute approximate surface area is 100 Å². The quantitative estimate of drug-likeness (QED) is 0.761. The van der Waals surface area contributed by atoms with Crippen molar-refractivity contribution < 1.29 is 4.79 Å². The maximum Gasteiger partial charge on any atom is 0.365 e. The molecule has 7 nitrogen and oxygen atoms in total. The summed E-state index contributed by atoms with van der Waals surface area (Å²) in [6.07, 6.45) is 0. The summed E-state index contributed by atoms with van der Waals surface area (Å²) in [5.74, 6) is -0.400. The van der Waals surface area contributed by atoms with Crippen molar-refractivity contribution in [1.29, 1.82) is 0 Å². The van der Waals surface area contributed by atoms with Crippen molar-refractivity contribution in [1.82, 2.24) is 20.2 Å². The molecule has 1 aromatic carbocycles. The zero-order valence-corrected chi connectivity index (χ0v) is 9.31. The average Bonchev–Trinajstić information content (AvgIpc) is 2.76. The van der Waals surface area contributed by atoms with Crippen molar-refractivity contribution in [3.05, 3.63) is 34.7 Å². The number of carbonyl (C=O) groups is 1. The van der Waals surface area contributed by atoms with E-state index in [-0.39, 0.29) is 11.8 Å². The number of H-pyrrole nitrogens is 1. The number of hydrogen-bond acceptors (Lipinski definition) is 4. The number of amides is 1. The Hall–Kier alpha value is -2.15. The zero-order chi connectivity index (χ0) is 12.3. The Balaban J connectivity index is 2.22. The van der Waals surface area contributed by atoms with Crippen LogP contribution in [0.15, 0.2) is 29.1 Å². The van der Waals surface area contributed by atoms with E-state index < -0.39 is 5.69 Å². The minimum atomic E-state index is -0.428. The number of nitrogens with zero attached hydrogens (tertiary/aromatic N) is 3. The predicted octanol–water partition coefficient (Wildman–Crippen LogP) is 0.133. The smallest absolute Gasteiger partial charge is 0.325 e. The minimum Gasteiger partial charge on any atom is -0.325 e. The molecule has 8 heteroatoms. The molecule has 2 N–H and O–H groups in total. The van der Waals surface area contributed by atoms with Gasteiger partial charge in [-0.1, -0.05) is 0 Å². The van der Waals surface area contributed by atoms with Crippen LogP contribution in [0.3, 0.4) is 0 Å². The number of hydrogen-bond donors (Lipinski definition) is 2. The number of carbonyl (C=O) groups excluding carboxylic acids is 1. The van der Waals surface area contributed by atoms with Gasteiger partial charge in [-0.05, 0) is 34.7 Å². The Morgan fingerprint density at radius 3 is 2.65 bits per heavy atom. The molecule has 17 heavy (non-hydrogen) atoms. The lowest BCUT2D eigenvalue weighted by molar-refractivity contribution is -0.113. The molecule has 2 rings (SSSR count). The lowest BCUT2D eigenvalue weighted by Crippen LogP contribution is -2.16. The molecule has 0 unspecified atom stereocenters. The monoisotopic (exact) mass is 253 g/mol. The number of rotatable bonds is 3. The zero-order valence-electron chi connectivity index (χ0n) is 8.55. The number of tetrazole rings is 1. The van der Waals surface area contributed by atoms with E-state index in [1.165, 1.54) is 0 Å². The average molecular weight is 254 g/mol. The van der Waals surface area contributed by atoms with Gasteiger partial charge in [-0.25, -0.2) is 9.89 Å². The van der Waals surface area contributed by atoms with Crippen LogP contribution in [0.4, 0.5) is 5.69 Å². The molecule has 1 aromatic heterocycles. The normalized spacial score (nSPS) is 10.2. The van der Waals surface area contributed by atoms with Gasteiger partial charge in [0, 0.05) is 5.69 Å². The van der Waals surface area contributed by atoms with Crippen molar-refractivity contribution >= 4 is 23.2 Å². The fourth-order valence-electron chi connectivity index (χ4n) is 1.25. The Morgan fingerprint density at radius 2 is 2.12 bits per heavy atom. The summed E-state index contributed by atoms with van der Waals surface area (Å²) >= 11 is 5.36. The number of aromatic amines is 1. The number of aromatic nitrogens is 4. The van der Waals surface area contributed by atoms with Crippen molar-refractivity contribution in [2.24, 2.45) is 0 Å². The number of alkyl halides is 1. The summed E-state index contributed by atoms with van der Waals surface area (Å²) in [7, 11) is 0. The van der Waals surface area contributed by atoms with Gasteiger partial charge >= 0.3 is 5.69 Å². The molecule has 0 fully saturated rings. The topological polar surface area (TPSA) is 92.7 Å². The van der Waals surface area contributed by atoms with Crippen molar-refractivity contribution in [3.63, 3.8) is 0 Å². The molecule has 0 bridgehead atoms. The van der Waals surface area contributed by atoms with E-state index in [1.807, 2.05) is 0 Å². The first kappa shape index (κ1) is 11.3. The first-order valence-corrected chi connectivity index (χ1v) is 5.21. The molecule has 1 heterocycles. The van der Waals surface area contributed by atoms with Crippen molar-refractivity contribution in [3.8, 4) is 5.69 Å². The fraction of sp³-hybridized carbons (Fsp3) is 0.111. The van der Waals surface area contributed by atoms with Gasteiger partial charge in [0.05, 0.1) is 5.69 Å². The van der Waals surface area contributed by atoms with Crippen LogP contribution in [0.2, 0.25) is 0 Å². The fourth-order valence-corrected chi connectivity index (χ4v) is 1.31. The summed E-state index contributed by atoms with van der Waals surface area (Å²) in [6.45, 7) is 0. The standard InChI is InChI=1S/C9H8ClN5O2/c10-5-8(16)11-6-1-3-7(4-2-6)15-9(17)12-13-14-15/h1-4H,5H2,(H,11,16)(H,12,14,17). The molecule has 0 radical (unpaired) electrons. The lowest BCUT2D eigenvalue weighted by Gasteiger charge is -2.03. The van der Waals surface area contributed by atoms with E-state index in [0.717, 1.165) is 4.68 Å². The molecular weight excluding hydrogens is 246 g/mol. The summed E-state index contributed by atoms with van der Waals surface area (Å²) in [6, 6.07) is 6.54. The Morgan fingerprint density at radius 1 is 1.41 bits per heavy atom. The third-order valence-corrected chi connectivity index (χ3v) is 2.23. The van der Waals surface area contributed by atoms with Gasteiger partial charge in [0.2, 0.25) is 5.91 Å². The van der Waals surface area contributed by atoms with Gasteiger partial charge < -0.3 is 5.32 Å². The highest BCUT2D eigenvalue weighted by Crippen LogP contribution is 2.10. The number of benzene rings is 1. The highest BCUT2D eigenvalue weighted by atomic mass is 35.5. The van der Waals surface area contributed by atoms with Crippen LogP contribution in [-0.4, -0.2) is 32.0 Å². The second-order valence-corrected chi connectivity index (χ2v) is 3.41. The molecule has 0 spiro atoms. The summed E-state index contributed by atoms with van der Waals surface area (Å²) < 4.78 is 1.10. The third-order valence-electron chi connectivity index (χ3n) is 1.99. The van der Waals surface area contributed by atoms with Gasteiger partial charge in [-0.2, -0.15) is 4.68 Å². The first-order valence-electron chi connectivity index (χ1n) is 4.67. The summed E-state index contributed by atoms with van der Waals surface area (Å²) in [4.78, 5) is 22.2. The highest BCUT2D eigenvalue weighted by Gasteiger charge is 2.03. The van der Waals surface area contributed by atoms with Gasteiger partial charge in [0.1, 0.15) is 5.88 Å². The van der Waals surface area contributed by atoms with E-state index in [9.17, 15) is 9.59 Å². The van der Waals surface area contributed by atoms with Gasteiger partial charge in [-0.3, -0.25) is 4.79 Å². The summed E-state index contributed by atoms with van der Waals surface area (Å²) in [5.41, 5.74) is 0.714.